The lowest BCUT2D eigenvalue weighted by atomic mass is 9.82. The molecule has 0 radical (unpaired) electrons. The molecule has 0 bridgehead atoms. The minimum Gasteiger partial charge on any atom is -0.494 e. The Balaban J connectivity index is 1.91. The summed E-state index contributed by atoms with van der Waals surface area (Å²) in [5, 5.41) is 16.8. The fourth-order valence-corrected chi connectivity index (χ4v) is 4.85. The highest BCUT2D eigenvalue weighted by Crippen LogP contribution is 2.41. The minimum atomic E-state index is -0.663. The molecule has 7 nitrogen and oxygen atoms in total. The number of nitrogens with zero attached hydrogens (tertiary/aromatic N) is 1. The van der Waals surface area contributed by atoms with Crippen LogP contribution in [-0.4, -0.2) is 30.8 Å². The first-order valence-corrected chi connectivity index (χ1v) is 12.9. The molecule has 1 heterocycles. The first-order chi connectivity index (χ1) is 17.8. The summed E-state index contributed by atoms with van der Waals surface area (Å²) in [6, 6.07) is 15.4. The van der Waals surface area contributed by atoms with E-state index in [0.29, 0.717) is 34.2 Å². The molecule has 2 aromatic carbocycles. The predicted molar refractivity (Wildman–Crippen MR) is 147 cm³/mol. The summed E-state index contributed by atoms with van der Waals surface area (Å²) in [5.41, 5.74) is 4.75. The van der Waals surface area contributed by atoms with Crippen molar-refractivity contribution < 1.29 is 19.1 Å². The molecule has 0 aromatic heterocycles. The van der Waals surface area contributed by atoms with Crippen molar-refractivity contribution in [3.8, 4) is 11.8 Å². The number of nitrogens with one attached hydrogen (secondary N) is 2. The van der Waals surface area contributed by atoms with E-state index in [1.165, 1.54) is 17.8 Å². The molecule has 0 fully saturated rings. The van der Waals surface area contributed by atoms with Gasteiger partial charge in [0.25, 0.3) is 0 Å². The minimum absolute atomic E-state index is 0.0529. The number of dihydropyridines is 1. The van der Waals surface area contributed by atoms with E-state index in [1.54, 1.807) is 6.92 Å². The van der Waals surface area contributed by atoms with E-state index in [0.717, 1.165) is 22.4 Å². The maximum atomic E-state index is 13.0. The lowest BCUT2D eigenvalue weighted by Crippen LogP contribution is -2.29. The Kier molecular flexibility index (Phi) is 9.58. The second-order valence-corrected chi connectivity index (χ2v) is 9.48. The van der Waals surface area contributed by atoms with Gasteiger partial charge in [0.2, 0.25) is 5.91 Å². The van der Waals surface area contributed by atoms with Gasteiger partial charge < -0.3 is 20.1 Å². The van der Waals surface area contributed by atoms with Crippen LogP contribution in [0.25, 0.3) is 0 Å². The number of aryl methyl sites for hydroxylation is 2. The van der Waals surface area contributed by atoms with Gasteiger partial charge in [0.05, 0.1) is 40.5 Å². The molecule has 8 heteroatoms. The van der Waals surface area contributed by atoms with Crippen molar-refractivity contribution >= 4 is 29.3 Å². The molecule has 0 aliphatic carbocycles. The Labute approximate surface area is 222 Å². The molecular formula is C29H31N3O4S. The van der Waals surface area contributed by atoms with Crippen LogP contribution in [-0.2, 0) is 14.3 Å². The van der Waals surface area contributed by atoms with Crippen LogP contribution in [0.4, 0.5) is 5.69 Å². The summed E-state index contributed by atoms with van der Waals surface area (Å²) < 4.78 is 10.9. The average Bonchev–Trinajstić information content (AvgIpc) is 2.88. The molecule has 1 aliphatic heterocycles. The lowest BCUT2D eigenvalue weighted by molar-refractivity contribution is -0.138. The lowest BCUT2D eigenvalue weighted by Gasteiger charge is -2.29. The zero-order chi connectivity index (χ0) is 26.9. The number of esters is 1. The van der Waals surface area contributed by atoms with Gasteiger partial charge in [-0.2, -0.15) is 5.26 Å². The summed E-state index contributed by atoms with van der Waals surface area (Å²) in [6.07, 6.45) is 1.49. The number of rotatable bonds is 10. The van der Waals surface area contributed by atoms with Gasteiger partial charge in [-0.3, -0.25) is 4.79 Å². The van der Waals surface area contributed by atoms with Crippen LogP contribution in [0, 0.1) is 25.2 Å². The molecule has 0 unspecified atom stereocenters. The highest BCUT2D eigenvalue weighted by molar-refractivity contribution is 8.03. The first kappa shape index (κ1) is 27.6. The summed E-state index contributed by atoms with van der Waals surface area (Å²) in [4.78, 5) is 25.8. The number of benzene rings is 2. The van der Waals surface area contributed by atoms with Crippen LogP contribution in [0.2, 0.25) is 0 Å². The Morgan fingerprint density at radius 3 is 2.57 bits per heavy atom. The van der Waals surface area contributed by atoms with Crippen LogP contribution in [0.5, 0.6) is 5.75 Å². The number of hydrogen-bond acceptors (Lipinski definition) is 7. The van der Waals surface area contributed by atoms with Crippen LogP contribution in [0.15, 0.2) is 77.0 Å². The number of anilines is 1. The standard InChI is InChI=1S/C29H31N3O4S/c1-6-14-36-29(34)26-20(5)31-28(37-17-25(33)32-24-15-18(3)8-9-19(24)4)23(16-30)27(26)21-10-12-22(13-11-21)35-7-2/h6,8-13,15,27,31H,1,7,14,17H2,2-5H3,(H,32,33)/t27-/m0/s1. The topological polar surface area (TPSA) is 100 Å². The van der Waals surface area contributed by atoms with Crippen molar-refractivity contribution in [2.45, 2.75) is 33.6 Å². The molecule has 1 amide bonds. The second kappa shape index (κ2) is 12.8. The van der Waals surface area contributed by atoms with Crippen molar-refractivity contribution in [2.24, 2.45) is 0 Å². The van der Waals surface area contributed by atoms with Gasteiger partial charge in [-0.25, -0.2) is 4.79 Å². The summed E-state index contributed by atoms with van der Waals surface area (Å²) >= 11 is 1.22. The van der Waals surface area contributed by atoms with Gasteiger partial charge >= 0.3 is 5.97 Å². The maximum Gasteiger partial charge on any atom is 0.337 e. The molecule has 2 N–H and O–H groups in total. The van der Waals surface area contributed by atoms with Crippen molar-refractivity contribution in [3.63, 3.8) is 0 Å². The molecule has 1 atom stereocenters. The Bertz CT molecular complexity index is 1290. The fraction of sp³-hybridized carbons (Fsp3) is 0.276. The van der Waals surface area contributed by atoms with E-state index < -0.39 is 11.9 Å². The number of ether oxygens (including phenoxy) is 2. The zero-order valence-electron chi connectivity index (χ0n) is 21.5. The number of allylic oxidation sites excluding steroid dienone is 2. The summed E-state index contributed by atoms with van der Waals surface area (Å²) in [6.45, 7) is 11.7. The van der Waals surface area contributed by atoms with Gasteiger partial charge in [0.1, 0.15) is 12.4 Å². The van der Waals surface area contributed by atoms with Crippen molar-refractivity contribution in [2.75, 3.05) is 24.3 Å². The number of carbonyl (C=O) groups excluding carboxylic acids is 2. The Morgan fingerprint density at radius 1 is 1.19 bits per heavy atom. The summed E-state index contributed by atoms with van der Waals surface area (Å²) in [5.74, 6) is -0.616. The van der Waals surface area contributed by atoms with E-state index in [-0.39, 0.29) is 18.3 Å². The van der Waals surface area contributed by atoms with Crippen molar-refractivity contribution in [3.05, 3.63) is 93.7 Å². The third kappa shape index (κ3) is 6.83. The normalized spacial score (nSPS) is 14.9. The molecule has 37 heavy (non-hydrogen) atoms. The molecule has 192 valence electrons. The molecule has 0 spiro atoms. The van der Waals surface area contributed by atoms with Crippen molar-refractivity contribution in [1.82, 2.24) is 5.32 Å². The van der Waals surface area contributed by atoms with Gasteiger partial charge in [0.15, 0.2) is 0 Å². The number of amides is 1. The quantitative estimate of drug-likeness (QED) is 0.317. The first-order valence-electron chi connectivity index (χ1n) is 11.9. The highest BCUT2D eigenvalue weighted by atomic mass is 32.2. The number of nitriles is 1. The third-order valence-corrected chi connectivity index (χ3v) is 6.76. The monoisotopic (exact) mass is 517 g/mol. The van der Waals surface area contributed by atoms with Gasteiger partial charge in [-0.15, -0.1) is 0 Å². The zero-order valence-corrected chi connectivity index (χ0v) is 22.3. The largest absolute Gasteiger partial charge is 0.494 e. The number of hydrogen-bond donors (Lipinski definition) is 2. The smallest absolute Gasteiger partial charge is 0.337 e. The molecular weight excluding hydrogens is 486 g/mol. The fourth-order valence-electron chi connectivity index (χ4n) is 3.96. The van der Waals surface area contributed by atoms with Crippen LogP contribution >= 0.6 is 11.8 Å². The molecule has 1 aliphatic rings. The van der Waals surface area contributed by atoms with Crippen LogP contribution < -0.4 is 15.4 Å². The van der Waals surface area contributed by atoms with Gasteiger partial charge in [0, 0.05) is 11.4 Å². The molecule has 2 aromatic rings. The summed E-state index contributed by atoms with van der Waals surface area (Å²) in [7, 11) is 0. The molecule has 3 rings (SSSR count). The SMILES string of the molecule is C=CCOC(=O)C1=C(C)NC(SCC(=O)Nc2cc(C)ccc2C)=C(C#N)[C@@H]1c1ccc(OCC)cc1. The van der Waals surface area contributed by atoms with E-state index in [1.807, 2.05) is 63.2 Å². The van der Waals surface area contributed by atoms with E-state index in [9.17, 15) is 14.9 Å². The van der Waals surface area contributed by atoms with Crippen LogP contribution in [0.1, 0.15) is 36.5 Å². The number of thioether (sulfide) groups is 1. The van der Waals surface area contributed by atoms with Gasteiger partial charge in [-0.1, -0.05) is 48.7 Å². The van der Waals surface area contributed by atoms with Crippen molar-refractivity contribution in [1.29, 1.82) is 5.26 Å². The maximum absolute atomic E-state index is 13.0. The predicted octanol–water partition coefficient (Wildman–Crippen LogP) is 5.50. The van der Waals surface area contributed by atoms with E-state index >= 15 is 0 Å². The molecule has 0 saturated carbocycles. The second-order valence-electron chi connectivity index (χ2n) is 8.50. The number of carbonyl (C=O) groups is 2. The van der Waals surface area contributed by atoms with Crippen LogP contribution in [0.3, 0.4) is 0 Å². The molecule has 0 saturated heterocycles. The van der Waals surface area contributed by atoms with E-state index in [2.05, 4.69) is 23.3 Å². The highest BCUT2D eigenvalue weighted by Gasteiger charge is 2.35. The Hall–Kier alpha value is -3.96. The Morgan fingerprint density at radius 2 is 1.92 bits per heavy atom. The van der Waals surface area contributed by atoms with E-state index in [4.69, 9.17) is 9.47 Å². The average molecular weight is 518 g/mol. The van der Waals surface area contributed by atoms with Gasteiger partial charge in [-0.05, 0) is 62.6 Å². The third-order valence-electron chi connectivity index (χ3n) is 5.74.